The predicted octanol–water partition coefficient (Wildman–Crippen LogP) is 2.68. The van der Waals surface area contributed by atoms with Crippen LogP contribution >= 0.6 is 0 Å². The van der Waals surface area contributed by atoms with Gasteiger partial charge < -0.3 is 9.47 Å². The number of hydrogen-bond acceptors (Lipinski definition) is 5. The van der Waals surface area contributed by atoms with E-state index in [1.165, 1.54) is 5.56 Å². The van der Waals surface area contributed by atoms with E-state index in [4.69, 9.17) is 9.47 Å². The maximum Gasteiger partial charge on any atom is 0.213 e. The van der Waals surface area contributed by atoms with Gasteiger partial charge in [-0.25, -0.2) is 4.98 Å². The Labute approximate surface area is 142 Å². The van der Waals surface area contributed by atoms with Gasteiger partial charge in [-0.1, -0.05) is 12.1 Å². The zero-order chi connectivity index (χ0) is 16.2. The third-order valence-corrected chi connectivity index (χ3v) is 4.85. The van der Waals surface area contributed by atoms with Gasteiger partial charge in [-0.2, -0.15) is 0 Å². The molecule has 126 valence electrons. The van der Waals surface area contributed by atoms with E-state index in [1.54, 1.807) is 6.20 Å². The molecule has 0 unspecified atom stereocenters. The third-order valence-electron chi connectivity index (χ3n) is 4.85. The van der Waals surface area contributed by atoms with Gasteiger partial charge in [0.15, 0.2) is 0 Å². The van der Waals surface area contributed by atoms with Gasteiger partial charge in [0.1, 0.15) is 6.10 Å². The highest BCUT2D eigenvalue weighted by molar-refractivity contribution is 5.11. The first-order chi connectivity index (χ1) is 11.8. The Bertz CT molecular complexity index is 652. The van der Waals surface area contributed by atoms with E-state index in [2.05, 4.69) is 20.9 Å². The average Bonchev–Trinajstić information content (AvgIpc) is 2.98. The van der Waals surface area contributed by atoms with Crippen LogP contribution in [0.25, 0.3) is 0 Å². The number of nitrogens with zero attached hydrogens (tertiary/aromatic N) is 3. The molecule has 5 heteroatoms. The Balaban J connectivity index is 1.37. The van der Waals surface area contributed by atoms with Crippen molar-refractivity contribution in [3.8, 4) is 5.88 Å². The molecule has 2 atom stereocenters. The molecule has 2 fully saturated rings. The monoisotopic (exact) mass is 325 g/mol. The normalized spacial score (nSPS) is 27.4. The molecule has 2 aromatic heterocycles. The topological polar surface area (TPSA) is 47.5 Å². The van der Waals surface area contributed by atoms with E-state index in [1.807, 2.05) is 36.7 Å². The van der Waals surface area contributed by atoms with Crippen molar-refractivity contribution in [1.82, 2.24) is 14.9 Å². The Hall–Kier alpha value is -1.98. The lowest BCUT2D eigenvalue weighted by Crippen LogP contribution is -2.47. The van der Waals surface area contributed by atoms with Crippen molar-refractivity contribution in [2.45, 2.75) is 37.5 Å². The van der Waals surface area contributed by atoms with Crippen LogP contribution in [0.15, 0.2) is 48.9 Å². The molecule has 0 N–H and O–H groups in total. The number of pyridine rings is 2. The van der Waals surface area contributed by atoms with E-state index >= 15 is 0 Å². The minimum atomic E-state index is -0.0695. The van der Waals surface area contributed by atoms with Gasteiger partial charge in [-0.05, 0) is 37.1 Å². The Morgan fingerprint density at radius 2 is 2.25 bits per heavy atom. The summed E-state index contributed by atoms with van der Waals surface area (Å²) in [5.41, 5.74) is 1.19. The lowest BCUT2D eigenvalue weighted by Gasteiger charge is -2.39. The maximum atomic E-state index is 6.22. The van der Waals surface area contributed by atoms with Gasteiger partial charge in [0, 0.05) is 44.2 Å². The molecule has 2 aromatic rings. The number of hydrogen-bond donors (Lipinski definition) is 0. The van der Waals surface area contributed by atoms with E-state index in [0.717, 1.165) is 38.9 Å². The van der Waals surface area contributed by atoms with Crippen molar-refractivity contribution in [2.24, 2.45) is 0 Å². The van der Waals surface area contributed by atoms with Gasteiger partial charge in [-0.3, -0.25) is 9.88 Å². The summed E-state index contributed by atoms with van der Waals surface area (Å²) in [6, 6.07) is 9.89. The predicted molar refractivity (Wildman–Crippen MR) is 90.7 cm³/mol. The molecule has 2 aliphatic heterocycles. The standard InChI is InChI=1S/C19H23N3O2/c1-2-9-21-18(6-1)24-17-11-19(23-14-17)7-4-10-22(15-19)13-16-5-3-8-20-12-16/h1-3,5-6,8-9,12,17H,4,7,10-11,13-15H2/t17-,19+/m1/s1. The molecule has 1 spiro atoms. The highest BCUT2D eigenvalue weighted by Crippen LogP contribution is 2.36. The average molecular weight is 325 g/mol. The summed E-state index contributed by atoms with van der Waals surface area (Å²) in [6.45, 7) is 3.66. The van der Waals surface area contributed by atoms with Crippen LogP contribution in [0.1, 0.15) is 24.8 Å². The molecule has 0 aliphatic carbocycles. The molecular weight excluding hydrogens is 302 g/mol. The number of rotatable bonds is 4. The van der Waals surface area contributed by atoms with E-state index in [-0.39, 0.29) is 11.7 Å². The fourth-order valence-electron chi connectivity index (χ4n) is 3.83. The van der Waals surface area contributed by atoms with Crippen molar-refractivity contribution < 1.29 is 9.47 Å². The van der Waals surface area contributed by atoms with Crippen LogP contribution in [-0.4, -0.2) is 46.3 Å². The minimum absolute atomic E-state index is 0.0695. The molecule has 0 bridgehead atoms. The van der Waals surface area contributed by atoms with Crippen LogP contribution in [0.3, 0.4) is 0 Å². The smallest absolute Gasteiger partial charge is 0.213 e. The highest BCUT2D eigenvalue weighted by atomic mass is 16.6. The lowest BCUT2D eigenvalue weighted by molar-refractivity contribution is -0.0538. The number of ether oxygens (including phenoxy) is 2. The summed E-state index contributed by atoms with van der Waals surface area (Å²) in [6.07, 6.45) is 8.84. The molecule has 24 heavy (non-hydrogen) atoms. The van der Waals surface area contributed by atoms with Gasteiger partial charge in [0.2, 0.25) is 5.88 Å². The molecule has 2 saturated heterocycles. The van der Waals surface area contributed by atoms with Gasteiger partial charge >= 0.3 is 0 Å². The number of piperidine rings is 1. The number of likely N-dealkylation sites (tertiary alicyclic amines) is 1. The zero-order valence-corrected chi connectivity index (χ0v) is 13.8. The SMILES string of the molecule is c1ccc(O[C@H]2CO[C@@]3(CCCN(Cc4cccnc4)C3)C2)nc1. The molecule has 2 aliphatic rings. The first kappa shape index (κ1) is 15.5. The molecule has 5 nitrogen and oxygen atoms in total. The lowest BCUT2D eigenvalue weighted by atomic mass is 9.89. The van der Waals surface area contributed by atoms with Crippen molar-refractivity contribution in [3.63, 3.8) is 0 Å². The fraction of sp³-hybridized carbons (Fsp3) is 0.474. The maximum absolute atomic E-state index is 6.22. The zero-order valence-electron chi connectivity index (χ0n) is 13.8. The van der Waals surface area contributed by atoms with Gasteiger partial charge in [-0.15, -0.1) is 0 Å². The molecule has 4 rings (SSSR count). The second-order valence-corrected chi connectivity index (χ2v) is 6.78. The van der Waals surface area contributed by atoms with E-state index < -0.39 is 0 Å². The highest BCUT2D eigenvalue weighted by Gasteiger charge is 2.44. The van der Waals surface area contributed by atoms with Crippen molar-refractivity contribution in [2.75, 3.05) is 19.7 Å². The molecule has 0 amide bonds. The van der Waals surface area contributed by atoms with Crippen molar-refractivity contribution >= 4 is 0 Å². The molecular formula is C19H23N3O2. The summed E-state index contributed by atoms with van der Waals surface area (Å²) in [7, 11) is 0. The van der Waals surface area contributed by atoms with E-state index in [0.29, 0.717) is 12.5 Å². The van der Waals surface area contributed by atoms with Crippen LogP contribution in [-0.2, 0) is 11.3 Å². The van der Waals surface area contributed by atoms with Crippen LogP contribution in [0.2, 0.25) is 0 Å². The Morgan fingerprint density at radius 1 is 1.25 bits per heavy atom. The van der Waals surface area contributed by atoms with Crippen molar-refractivity contribution in [1.29, 1.82) is 0 Å². The summed E-state index contributed by atoms with van der Waals surface area (Å²) < 4.78 is 12.2. The second kappa shape index (κ2) is 6.87. The number of aromatic nitrogens is 2. The second-order valence-electron chi connectivity index (χ2n) is 6.78. The van der Waals surface area contributed by atoms with Crippen LogP contribution in [0.5, 0.6) is 5.88 Å². The van der Waals surface area contributed by atoms with E-state index in [9.17, 15) is 0 Å². The Kier molecular flexibility index (Phi) is 4.45. The molecule has 0 radical (unpaired) electrons. The first-order valence-corrected chi connectivity index (χ1v) is 8.64. The minimum Gasteiger partial charge on any atom is -0.472 e. The first-order valence-electron chi connectivity index (χ1n) is 8.64. The van der Waals surface area contributed by atoms with Crippen molar-refractivity contribution in [3.05, 3.63) is 54.5 Å². The van der Waals surface area contributed by atoms with Crippen LogP contribution in [0, 0.1) is 0 Å². The summed E-state index contributed by atoms with van der Waals surface area (Å²) in [5, 5.41) is 0. The third kappa shape index (κ3) is 3.57. The van der Waals surface area contributed by atoms with Gasteiger partial charge in [0.25, 0.3) is 0 Å². The summed E-state index contributed by atoms with van der Waals surface area (Å²) in [4.78, 5) is 10.9. The van der Waals surface area contributed by atoms with Crippen LogP contribution in [0.4, 0.5) is 0 Å². The molecule has 0 saturated carbocycles. The quantitative estimate of drug-likeness (QED) is 0.865. The summed E-state index contributed by atoms with van der Waals surface area (Å²) >= 11 is 0. The molecule has 4 heterocycles. The Morgan fingerprint density at radius 3 is 3.08 bits per heavy atom. The summed E-state index contributed by atoms with van der Waals surface area (Å²) in [5.74, 6) is 0.686. The fourth-order valence-corrected chi connectivity index (χ4v) is 3.83. The largest absolute Gasteiger partial charge is 0.472 e. The van der Waals surface area contributed by atoms with Gasteiger partial charge in [0.05, 0.1) is 12.2 Å². The van der Waals surface area contributed by atoms with Crippen LogP contribution < -0.4 is 4.74 Å². The molecule has 0 aromatic carbocycles.